The quantitative estimate of drug-likeness (QED) is 0.395. The number of aldehydes is 1. The van der Waals surface area contributed by atoms with E-state index < -0.39 is 0 Å². The van der Waals surface area contributed by atoms with Crippen molar-refractivity contribution in [3.63, 3.8) is 0 Å². The van der Waals surface area contributed by atoms with Gasteiger partial charge in [-0.25, -0.2) is 0 Å². The van der Waals surface area contributed by atoms with Crippen molar-refractivity contribution >= 4 is 23.0 Å². The zero-order chi connectivity index (χ0) is 16.9. The zero-order valence-electron chi connectivity index (χ0n) is 13.5. The van der Waals surface area contributed by atoms with Crippen LogP contribution in [0.5, 0.6) is 5.75 Å². The van der Waals surface area contributed by atoms with Crippen molar-refractivity contribution in [2.45, 2.75) is 19.8 Å². The van der Waals surface area contributed by atoms with Gasteiger partial charge in [0.15, 0.2) is 6.29 Å². The fraction of sp³-hybridized carbons (Fsp3) is 0.143. The van der Waals surface area contributed by atoms with Gasteiger partial charge in [-0.1, -0.05) is 60.2 Å². The molecule has 120 valence electrons. The van der Waals surface area contributed by atoms with Crippen LogP contribution in [0, 0.1) is 6.92 Å². The molecule has 3 aromatic rings. The first-order valence-corrected chi connectivity index (χ1v) is 7.90. The summed E-state index contributed by atoms with van der Waals surface area (Å²) in [5.74, 6) is -0.0217. The summed E-state index contributed by atoms with van der Waals surface area (Å²) in [6.07, 6.45) is 1.63. The van der Waals surface area contributed by atoms with Gasteiger partial charge in [0.1, 0.15) is 5.75 Å². The van der Waals surface area contributed by atoms with Gasteiger partial charge in [0.05, 0.1) is 5.56 Å². The van der Waals surface area contributed by atoms with Crippen LogP contribution in [0.1, 0.15) is 27.9 Å². The third-order valence-electron chi connectivity index (χ3n) is 4.01. The van der Waals surface area contributed by atoms with E-state index >= 15 is 0 Å². The second-order valence-corrected chi connectivity index (χ2v) is 5.78. The van der Waals surface area contributed by atoms with Crippen molar-refractivity contribution in [2.24, 2.45) is 0 Å². The van der Waals surface area contributed by atoms with E-state index in [2.05, 4.69) is 0 Å². The molecule has 24 heavy (non-hydrogen) atoms. The third kappa shape index (κ3) is 3.51. The molecule has 0 saturated carbocycles. The van der Waals surface area contributed by atoms with E-state index in [1.54, 1.807) is 6.07 Å². The Morgan fingerprint density at radius 2 is 1.75 bits per heavy atom. The molecule has 0 radical (unpaired) electrons. The van der Waals surface area contributed by atoms with E-state index in [0.29, 0.717) is 17.7 Å². The lowest BCUT2D eigenvalue weighted by molar-refractivity contribution is -0.134. The topological polar surface area (TPSA) is 43.4 Å². The molecule has 0 atom stereocenters. The molecule has 3 rings (SSSR count). The largest absolute Gasteiger partial charge is 0.426 e. The highest BCUT2D eigenvalue weighted by molar-refractivity contribution is 6.01. The molecule has 0 spiro atoms. The number of rotatable bonds is 5. The van der Waals surface area contributed by atoms with Crippen molar-refractivity contribution in [2.75, 3.05) is 0 Å². The van der Waals surface area contributed by atoms with Gasteiger partial charge >= 0.3 is 5.97 Å². The molecular formula is C21H18O3. The Kier molecular flexibility index (Phi) is 4.71. The average Bonchev–Trinajstić information content (AvgIpc) is 2.61. The Bertz CT molecular complexity index is 879. The van der Waals surface area contributed by atoms with E-state index in [4.69, 9.17) is 4.74 Å². The van der Waals surface area contributed by atoms with Crippen molar-refractivity contribution in [3.05, 3.63) is 77.4 Å². The van der Waals surface area contributed by atoms with Crippen LogP contribution in [0.2, 0.25) is 0 Å². The minimum atomic E-state index is -0.339. The van der Waals surface area contributed by atoms with Crippen LogP contribution in [-0.2, 0) is 11.2 Å². The molecule has 0 N–H and O–H groups in total. The van der Waals surface area contributed by atoms with E-state index in [0.717, 1.165) is 22.6 Å². The normalized spacial score (nSPS) is 10.5. The molecular weight excluding hydrogens is 300 g/mol. The Labute approximate surface area is 140 Å². The number of aryl methyl sites for hydroxylation is 2. The molecule has 0 aliphatic carbocycles. The van der Waals surface area contributed by atoms with Crippen molar-refractivity contribution < 1.29 is 14.3 Å². The molecule has 0 unspecified atom stereocenters. The third-order valence-corrected chi connectivity index (χ3v) is 4.01. The lowest BCUT2D eigenvalue weighted by atomic mass is 10.0. The highest BCUT2D eigenvalue weighted by Crippen LogP contribution is 2.27. The molecule has 0 fully saturated rings. The minimum absolute atomic E-state index is 0.272. The standard InChI is InChI=1S/C21H18O3/c1-15-6-8-16(9-7-15)10-13-21(23)24-20-12-11-17-4-2-3-5-18(17)19(20)14-22/h2-9,11-12,14H,10,13H2,1H3. The van der Waals surface area contributed by atoms with Crippen molar-refractivity contribution in [1.82, 2.24) is 0 Å². The Hall–Kier alpha value is -2.94. The van der Waals surface area contributed by atoms with E-state index in [1.807, 2.05) is 61.5 Å². The van der Waals surface area contributed by atoms with Gasteiger partial charge in [-0.05, 0) is 35.7 Å². The zero-order valence-corrected chi connectivity index (χ0v) is 13.5. The fourth-order valence-electron chi connectivity index (χ4n) is 2.66. The lowest BCUT2D eigenvalue weighted by Crippen LogP contribution is -2.10. The van der Waals surface area contributed by atoms with Gasteiger partial charge in [-0.15, -0.1) is 0 Å². The van der Waals surface area contributed by atoms with Gasteiger partial charge in [-0.3, -0.25) is 9.59 Å². The maximum Gasteiger partial charge on any atom is 0.311 e. The lowest BCUT2D eigenvalue weighted by Gasteiger charge is -2.09. The summed E-state index contributed by atoms with van der Waals surface area (Å²) < 4.78 is 5.42. The molecule has 0 aromatic heterocycles. The highest BCUT2D eigenvalue weighted by Gasteiger charge is 2.12. The summed E-state index contributed by atoms with van der Waals surface area (Å²) in [6.45, 7) is 2.03. The molecule has 0 bridgehead atoms. The summed E-state index contributed by atoms with van der Waals surface area (Å²) in [5.41, 5.74) is 2.69. The number of carbonyl (C=O) groups excluding carboxylic acids is 2. The van der Waals surface area contributed by atoms with Crippen LogP contribution >= 0.6 is 0 Å². The summed E-state index contributed by atoms with van der Waals surface area (Å²) in [4.78, 5) is 23.6. The second kappa shape index (κ2) is 7.09. The predicted octanol–water partition coefficient (Wildman–Crippen LogP) is 4.50. The first kappa shape index (κ1) is 15.9. The molecule has 0 amide bonds. The molecule has 0 aliphatic heterocycles. The predicted molar refractivity (Wildman–Crippen MR) is 94.5 cm³/mol. The molecule has 0 heterocycles. The SMILES string of the molecule is Cc1ccc(CCC(=O)Oc2ccc3ccccc3c2C=O)cc1. The van der Waals surface area contributed by atoms with Crippen LogP contribution in [0.15, 0.2) is 60.7 Å². The summed E-state index contributed by atoms with van der Waals surface area (Å²) in [7, 11) is 0. The number of hydrogen-bond donors (Lipinski definition) is 0. The van der Waals surface area contributed by atoms with Gasteiger partial charge in [0.25, 0.3) is 0 Å². The van der Waals surface area contributed by atoms with E-state index in [1.165, 1.54) is 5.56 Å². The molecule has 0 saturated heterocycles. The number of ether oxygens (including phenoxy) is 1. The number of fused-ring (bicyclic) bond motifs is 1. The smallest absolute Gasteiger partial charge is 0.311 e. The van der Waals surface area contributed by atoms with Crippen molar-refractivity contribution in [1.29, 1.82) is 0 Å². The number of carbonyl (C=O) groups is 2. The molecule has 0 aliphatic rings. The first-order valence-electron chi connectivity index (χ1n) is 7.90. The van der Waals surface area contributed by atoms with Gasteiger partial charge in [0, 0.05) is 6.42 Å². The van der Waals surface area contributed by atoms with Crippen LogP contribution in [0.25, 0.3) is 10.8 Å². The van der Waals surface area contributed by atoms with Crippen LogP contribution in [0.4, 0.5) is 0 Å². The van der Waals surface area contributed by atoms with E-state index in [9.17, 15) is 9.59 Å². The Morgan fingerprint density at radius 3 is 2.50 bits per heavy atom. The average molecular weight is 318 g/mol. The Morgan fingerprint density at radius 1 is 1.00 bits per heavy atom. The monoisotopic (exact) mass is 318 g/mol. The first-order chi connectivity index (χ1) is 11.7. The summed E-state index contributed by atoms with van der Waals surface area (Å²) >= 11 is 0. The highest BCUT2D eigenvalue weighted by atomic mass is 16.5. The maximum atomic E-state index is 12.1. The van der Waals surface area contributed by atoms with Crippen LogP contribution in [-0.4, -0.2) is 12.3 Å². The van der Waals surface area contributed by atoms with Crippen LogP contribution in [0.3, 0.4) is 0 Å². The number of benzene rings is 3. The maximum absolute atomic E-state index is 12.1. The van der Waals surface area contributed by atoms with Gasteiger partial charge < -0.3 is 4.74 Å². The summed E-state index contributed by atoms with van der Waals surface area (Å²) in [6, 6.07) is 19.1. The van der Waals surface area contributed by atoms with E-state index in [-0.39, 0.29) is 12.4 Å². The number of hydrogen-bond acceptors (Lipinski definition) is 3. The Balaban J connectivity index is 1.73. The molecule has 3 heteroatoms. The second-order valence-electron chi connectivity index (χ2n) is 5.78. The van der Waals surface area contributed by atoms with Gasteiger partial charge in [-0.2, -0.15) is 0 Å². The molecule has 3 aromatic carbocycles. The summed E-state index contributed by atoms with van der Waals surface area (Å²) in [5, 5.41) is 1.73. The molecule has 3 nitrogen and oxygen atoms in total. The van der Waals surface area contributed by atoms with Crippen LogP contribution < -0.4 is 4.74 Å². The van der Waals surface area contributed by atoms with Gasteiger partial charge in [0.2, 0.25) is 0 Å². The number of esters is 1. The van der Waals surface area contributed by atoms with Crippen molar-refractivity contribution in [3.8, 4) is 5.75 Å². The minimum Gasteiger partial charge on any atom is -0.426 e. The fourth-order valence-corrected chi connectivity index (χ4v) is 2.66.